The van der Waals surface area contributed by atoms with Gasteiger partial charge in [-0.25, -0.2) is 0 Å². The van der Waals surface area contributed by atoms with E-state index in [2.05, 4.69) is 48.1 Å². The first-order chi connectivity index (χ1) is 19.0. The minimum Gasteiger partial charge on any atom is -0.469 e. The van der Waals surface area contributed by atoms with Gasteiger partial charge in [-0.05, 0) is 98.7 Å². The normalized spacial score (nSPS) is 48.0. The van der Waals surface area contributed by atoms with Crippen LogP contribution < -0.4 is 0 Å². The Hall–Kier alpha value is -1.85. The second-order valence-corrected chi connectivity index (χ2v) is 16.0. The summed E-state index contributed by atoms with van der Waals surface area (Å²) in [4.78, 5) is 39.2. The van der Waals surface area contributed by atoms with Crippen LogP contribution in [0.25, 0.3) is 0 Å². The molecular formula is C35H54O6. The third-order valence-corrected chi connectivity index (χ3v) is 14.1. The van der Waals surface area contributed by atoms with E-state index in [-0.39, 0.29) is 52.1 Å². The van der Waals surface area contributed by atoms with Crippen molar-refractivity contribution in [2.75, 3.05) is 7.11 Å². The van der Waals surface area contributed by atoms with Crippen LogP contribution in [-0.2, 0) is 28.6 Å². The van der Waals surface area contributed by atoms with Crippen LogP contribution in [0.2, 0.25) is 0 Å². The van der Waals surface area contributed by atoms with E-state index in [0.29, 0.717) is 24.2 Å². The van der Waals surface area contributed by atoms with Gasteiger partial charge in [0.1, 0.15) is 12.2 Å². The number of ether oxygens (including phenoxy) is 3. The number of methoxy groups -OCH3 is 1. The third kappa shape index (κ3) is 4.04. The summed E-state index contributed by atoms with van der Waals surface area (Å²) in [7, 11) is 1.56. The lowest BCUT2D eigenvalue weighted by Crippen LogP contribution is -2.72. The number of allylic oxidation sites excluding steroid dienone is 1. The Bertz CT molecular complexity index is 1130. The predicted octanol–water partition coefficient (Wildman–Crippen LogP) is 7.29. The molecule has 41 heavy (non-hydrogen) atoms. The molecule has 11 atom stereocenters. The van der Waals surface area contributed by atoms with E-state index in [1.54, 1.807) is 7.11 Å². The lowest BCUT2D eigenvalue weighted by Gasteiger charge is -2.72. The van der Waals surface area contributed by atoms with Gasteiger partial charge in [0.05, 0.1) is 12.5 Å². The average Bonchev–Trinajstić information content (AvgIpc) is 3.24. The molecule has 0 amide bonds. The van der Waals surface area contributed by atoms with Crippen molar-refractivity contribution in [2.24, 2.45) is 56.7 Å². The highest BCUT2D eigenvalue weighted by molar-refractivity contribution is 5.79. The minimum absolute atomic E-state index is 0.00149. The van der Waals surface area contributed by atoms with E-state index < -0.39 is 16.9 Å². The Morgan fingerprint density at radius 1 is 0.756 bits per heavy atom. The summed E-state index contributed by atoms with van der Waals surface area (Å²) in [5.41, 5.74) is -0.120. The van der Waals surface area contributed by atoms with E-state index in [9.17, 15) is 14.4 Å². The maximum Gasteiger partial charge on any atom is 0.312 e. The van der Waals surface area contributed by atoms with Crippen LogP contribution in [0.3, 0.4) is 0 Å². The van der Waals surface area contributed by atoms with Crippen molar-refractivity contribution in [3.63, 3.8) is 0 Å². The molecule has 5 rings (SSSR count). The quantitative estimate of drug-likeness (QED) is 0.201. The van der Waals surface area contributed by atoms with Crippen LogP contribution >= 0.6 is 0 Å². The number of fused-ring (bicyclic) bond motifs is 7. The molecule has 0 radical (unpaired) electrons. The molecule has 0 unspecified atom stereocenters. The molecule has 5 saturated carbocycles. The zero-order chi connectivity index (χ0) is 30.3. The fourth-order valence-electron chi connectivity index (χ4n) is 12.4. The molecule has 0 aromatic heterocycles. The van der Waals surface area contributed by atoms with Gasteiger partial charge in [-0.1, -0.05) is 46.8 Å². The lowest BCUT2D eigenvalue weighted by molar-refractivity contribution is -0.281. The zero-order valence-electron chi connectivity index (χ0n) is 27.1. The summed E-state index contributed by atoms with van der Waals surface area (Å²) < 4.78 is 17.9. The predicted molar refractivity (Wildman–Crippen MR) is 157 cm³/mol. The van der Waals surface area contributed by atoms with E-state index >= 15 is 0 Å². The van der Waals surface area contributed by atoms with E-state index in [1.807, 2.05) is 0 Å². The number of carbonyl (C=O) groups excluding carboxylic acids is 3. The highest BCUT2D eigenvalue weighted by atomic mass is 16.6. The van der Waals surface area contributed by atoms with Crippen molar-refractivity contribution in [3.05, 3.63) is 12.2 Å². The number of carbonyl (C=O) groups is 3. The minimum atomic E-state index is -0.664. The van der Waals surface area contributed by atoms with Gasteiger partial charge in [-0.2, -0.15) is 0 Å². The van der Waals surface area contributed by atoms with Crippen LogP contribution in [0, 0.1) is 56.7 Å². The monoisotopic (exact) mass is 570 g/mol. The molecule has 0 saturated heterocycles. The van der Waals surface area contributed by atoms with Gasteiger partial charge in [0.15, 0.2) is 0 Å². The molecule has 0 heterocycles. The Labute approximate surface area is 247 Å². The van der Waals surface area contributed by atoms with E-state index in [4.69, 9.17) is 14.2 Å². The first-order valence-corrected chi connectivity index (χ1v) is 16.1. The third-order valence-electron chi connectivity index (χ3n) is 14.1. The van der Waals surface area contributed by atoms with Gasteiger partial charge in [-0.15, -0.1) is 0 Å². The summed E-state index contributed by atoms with van der Waals surface area (Å²) in [6, 6.07) is 0. The molecule has 5 fully saturated rings. The maximum absolute atomic E-state index is 14.5. The average molecular weight is 571 g/mol. The number of hydrogen-bond acceptors (Lipinski definition) is 6. The van der Waals surface area contributed by atoms with Crippen LogP contribution in [0.5, 0.6) is 0 Å². The Morgan fingerprint density at radius 3 is 1.98 bits per heavy atom. The molecule has 0 aliphatic heterocycles. The highest BCUT2D eigenvalue weighted by Gasteiger charge is 2.76. The zero-order valence-corrected chi connectivity index (χ0v) is 27.1. The van der Waals surface area contributed by atoms with Crippen LogP contribution in [0.15, 0.2) is 12.2 Å². The number of esters is 3. The number of rotatable bonds is 4. The summed E-state index contributed by atoms with van der Waals surface area (Å²) in [5, 5.41) is 0. The van der Waals surface area contributed by atoms with Gasteiger partial charge in [0, 0.05) is 31.1 Å². The molecule has 0 bridgehead atoms. The Kier molecular flexibility index (Phi) is 7.34. The first-order valence-electron chi connectivity index (χ1n) is 16.1. The van der Waals surface area contributed by atoms with Gasteiger partial charge >= 0.3 is 17.9 Å². The lowest BCUT2D eigenvalue weighted by atomic mass is 9.31. The van der Waals surface area contributed by atoms with E-state index in [0.717, 1.165) is 38.5 Å². The maximum atomic E-state index is 14.5. The van der Waals surface area contributed by atoms with Crippen molar-refractivity contribution in [1.29, 1.82) is 0 Å². The topological polar surface area (TPSA) is 78.9 Å². The molecule has 0 aromatic rings. The van der Waals surface area contributed by atoms with E-state index in [1.165, 1.54) is 32.3 Å². The van der Waals surface area contributed by atoms with Gasteiger partial charge in [0.2, 0.25) is 0 Å². The fourth-order valence-corrected chi connectivity index (χ4v) is 12.4. The fraction of sp³-hybridized carbons (Fsp3) is 0.857. The molecule has 230 valence electrons. The highest BCUT2D eigenvalue weighted by Crippen LogP contribution is 2.78. The summed E-state index contributed by atoms with van der Waals surface area (Å²) in [5.74, 6) is 0.830. The van der Waals surface area contributed by atoms with Crippen molar-refractivity contribution in [3.8, 4) is 0 Å². The molecule has 0 N–H and O–H groups in total. The number of hydrogen-bond donors (Lipinski definition) is 0. The van der Waals surface area contributed by atoms with Crippen molar-refractivity contribution in [2.45, 2.75) is 125 Å². The molecule has 5 aliphatic rings. The van der Waals surface area contributed by atoms with Crippen LogP contribution in [0.1, 0.15) is 113 Å². The molecule has 6 nitrogen and oxygen atoms in total. The van der Waals surface area contributed by atoms with Crippen molar-refractivity contribution >= 4 is 17.9 Å². The summed E-state index contributed by atoms with van der Waals surface area (Å²) in [6.07, 6.45) is 7.73. The standard InChI is InChI=1S/C35H54O6/c1-20(2)23-13-15-32(7)17-18-33(8)24(29(23)32)11-12-26-34(9)25(14-16-35(26,33)30(38)39-10)31(5,6)27(40-21(3)36)19-28(34)41-22(4)37/h23-29H,1,11-19H2,2-10H3/t23-,24+,25-,26+,27-,28+,29+,32+,33+,34-,35+/m0/s1. The summed E-state index contributed by atoms with van der Waals surface area (Å²) in [6.45, 7) is 21.1. The van der Waals surface area contributed by atoms with Crippen LogP contribution in [0.4, 0.5) is 0 Å². The van der Waals surface area contributed by atoms with Crippen molar-refractivity contribution in [1.82, 2.24) is 0 Å². The first kappa shape index (κ1) is 30.6. The largest absolute Gasteiger partial charge is 0.469 e. The second-order valence-electron chi connectivity index (χ2n) is 16.0. The van der Waals surface area contributed by atoms with Crippen LogP contribution in [-0.4, -0.2) is 37.2 Å². The molecular weight excluding hydrogens is 516 g/mol. The van der Waals surface area contributed by atoms with Gasteiger partial charge in [0.25, 0.3) is 0 Å². The SMILES string of the molecule is C=C(C)[C@@H]1CC[C@]2(C)CC[C@]3(C)[C@H](CC[C@@H]4[C@@]5(C)[C@H](OC(C)=O)C[C@H](OC(C)=O)C(C)(C)[C@@H]5CC[C@]43C(=O)OC)[C@@H]12. The molecule has 5 aliphatic carbocycles. The molecule has 0 aromatic carbocycles. The second kappa shape index (κ2) is 9.84. The van der Waals surface area contributed by atoms with Crippen molar-refractivity contribution < 1.29 is 28.6 Å². The van der Waals surface area contributed by atoms with Gasteiger partial charge < -0.3 is 14.2 Å². The Morgan fingerprint density at radius 2 is 1.39 bits per heavy atom. The Balaban J connectivity index is 1.66. The summed E-state index contributed by atoms with van der Waals surface area (Å²) >= 11 is 0. The molecule has 6 heteroatoms. The molecule has 0 spiro atoms. The smallest absolute Gasteiger partial charge is 0.312 e. The van der Waals surface area contributed by atoms with Gasteiger partial charge in [-0.3, -0.25) is 14.4 Å².